The van der Waals surface area contributed by atoms with Crippen molar-refractivity contribution in [3.8, 4) is 17.0 Å². The second-order valence-electron chi connectivity index (χ2n) is 10.6. The first kappa shape index (κ1) is 30.8. The number of fused-ring (bicyclic) bond motifs is 1. The Morgan fingerprint density at radius 3 is 2.52 bits per heavy atom. The fourth-order valence-electron chi connectivity index (χ4n) is 5.71. The number of aliphatic hydroxyl groups is 1. The summed E-state index contributed by atoms with van der Waals surface area (Å²) < 4.78 is 48.9. The van der Waals surface area contributed by atoms with Gasteiger partial charge in [0.25, 0.3) is 5.91 Å². The molecular weight excluding hydrogens is 579 g/mol. The number of amides is 3. The fourth-order valence-corrected chi connectivity index (χ4v) is 5.71. The molecule has 2 atom stereocenters. The number of carbonyl (C=O) groups excluding carboxylic acids is 2. The van der Waals surface area contributed by atoms with Crippen LogP contribution in [0.5, 0.6) is 5.75 Å². The Labute approximate surface area is 251 Å². The van der Waals surface area contributed by atoms with Crippen LogP contribution in [0.1, 0.15) is 40.1 Å². The van der Waals surface area contributed by atoms with Gasteiger partial charge in [0, 0.05) is 42.5 Å². The molecule has 0 bridgehead atoms. The summed E-state index contributed by atoms with van der Waals surface area (Å²) in [6.45, 7) is 3.95. The molecule has 232 valence electrons. The van der Waals surface area contributed by atoms with Gasteiger partial charge in [-0.2, -0.15) is 18.3 Å². The van der Waals surface area contributed by atoms with Gasteiger partial charge >= 0.3 is 12.2 Å². The number of nitrogens with zero attached hydrogens (tertiary/aromatic N) is 5. The number of rotatable bonds is 7. The highest BCUT2D eigenvalue weighted by molar-refractivity contribution is 6.00. The summed E-state index contributed by atoms with van der Waals surface area (Å²) in [4.78, 5) is 33.2. The van der Waals surface area contributed by atoms with Crippen LogP contribution in [-0.2, 0) is 6.18 Å². The molecule has 0 aliphatic carbocycles. The van der Waals surface area contributed by atoms with Crippen molar-refractivity contribution >= 4 is 23.3 Å². The maximum atomic E-state index is 14.3. The molecule has 3 amide bonds. The zero-order valence-corrected chi connectivity index (χ0v) is 24.3. The first-order valence-corrected chi connectivity index (χ1v) is 13.8. The molecule has 1 aliphatic heterocycles. The van der Waals surface area contributed by atoms with Gasteiger partial charge in [-0.1, -0.05) is 12.1 Å². The summed E-state index contributed by atoms with van der Waals surface area (Å²) in [5.74, 6) is 0.0425. The first-order valence-electron chi connectivity index (χ1n) is 13.8. The third kappa shape index (κ3) is 5.90. The second kappa shape index (κ2) is 12.1. The van der Waals surface area contributed by atoms with Crippen molar-refractivity contribution in [2.75, 3.05) is 38.7 Å². The average Bonchev–Trinajstić information content (AvgIpc) is 3.39. The summed E-state index contributed by atoms with van der Waals surface area (Å²) in [5, 5.41) is 16.7. The lowest BCUT2D eigenvalue weighted by molar-refractivity contribution is -0.143. The van der Waals surface area contributed by atoms with Crippen LogP contribution in [0.2, 0.25) is 0 Å². The normalized spacial score (nSPS) is 16.6. The minimum absolute atomic E-state index is 0.0468. The monoisotopic (exact) mass is 611 g/mol. The maximum absolute atomic E-state index is 14.3. The molecule has 4 aromatic rings. The van der Waals surface area contributed by atoms with Gasteiger partial charge in [0.1, 0.15) is 11.3 Å². The number of nitrogens with two attached hydrogens (primary N) is 1. The highest BCUT2D eigenvalue weighted by Crippen LogP contribution is 2.37. The number of nitrogens with one attached hydrogen (secondary N) is 1. The highest BCUT2D eigenvalue weighted by Gasteiger charge is 2.39. The molecule has 44 heavy (non-hydrogen) atoms. The van der Waals surface area contributed by atoms with E-state index in [1.54, 1.807) is 47.4 Å². The van der Waals surface area contributed by atoms with Crippen LogP contribution >= 0.6 is 0 Å². The van der Waals surface area contributed by atoms with E-state index in [1.165, 1.54) is 14.0 Å². The van der Waals surface area contributed by atoms with Crippen LogP contribution in [0.4, 0.5) is 23.7 Å². The van der Waals surface area contributed by atoms with Crippen molar-refractivity contribution in [2.45, 2.75) is 32.1 Å². The Bertz CT molecular complexity index is 1690. The summed E-state index contributed by atoms with van der Waals surface area (Å²) in [6, 6.07) is 11.9. The molecule has 4 N–H and O–H groups in total. The Balaban J connectivity index is 1.45. The van der Waals surface area contributed by atoms with E-state index >= 15 is 0 Å². The van der Waals surface area contributed by atoms with E-state index in [0.29, 0.717) is 34.6 Å². The van der Waals surface area contributed by atoms with Crippen LogP contribution in [0.25, 0.3) is 16.9 Å². The summed E-state index contributed by atoms with van der Waals surface area (Å²) in [6.07, 6.45) is -3.63. The number of aliphatic hydroxyl groups excluding tert-OH is 1. The van der Waals surface area contributed by atoms with Crippen molar-refractivity contribution in [3.63, 3.8) is 0 Å². The van der Waals surface area contributed by atoms with Crippen molar-refractivity contribution < 1.29 is 32.6 Å². The zero-order chi connectivity index (χ0) is 31.8. The molecule has 1 aliphatic rings. The van der Waals surface area contributed by atoms with Crippen LogP contribution in [0.3, 0.4) is 0 Å². The van der Waals surface area contributed by atoms with Crippen molar-refractivity contribution in [2.24, 2.45) is 5.73 Å². The lowest BCUT2D eigenvalue weighted by atomic mass is 10.0. The van der Waals surface area contributed by atoms with E-state index < -0.39 is 29.9 Å². The minimum Gasteiger partial charge on any atom is -0.497 e. The van der Waals surface area contributed by atoms with E-state index in [-0.39, 0.29) is 41.7 Å². The van der Waals surface area contributed by atoms with Crippen LogP contribution in [0, 0.1) is 6.92 Å². The van der Waals surface area contributed by atoms with Crippen molar-refractivity contribution in [1.82, 2.24) is 24.4 Å². The molecule has 2 aromatic heterocycles. The lowest BCUT2D eigenvalue weighted by Gasteiger charge is -2.43. The van der Waals surface area contributed by atoms with Crippen LogP contribution in [0.15, 0.2) is 54.7 Å². The number of halogens is 3. The number of primary amides is 1. The molecule has 5 rings (SSSR count). The maximum Gasteiger partial charge on any atom is 0.433 e. The van der Waals surface area contributed by atoms with Gasteiger partial charge in [-0.25, -0.2) is 14.3 Å². The van der Waals surface area contributed by atoms with E-state index in [2.05, 4.69) is 15.4 Å². The van der Waals surface area contributed by atoms with Crippen LogP contribution in [-0.4, -0.2) is 80.8 Å². The number of aromatic nitrogens is 3. The highest BCUT2D eigenvalue weighted by atomic mass is 19.4. The number of anilines is 1. The topological polar surface area (TPSA) is 138 Å². The lowest BCUT2D eigenvalue weighted by Crippen LogP contribution is -2.55. The number of alkyl halides is 3. The van der Waals surface area contributed by atoms with Gasteiger partial charge in [0.2, 0.25) is 0 Å². The summed E-state index contributed by atoms with van der Waals surface area (Å²) in [5.41, 5.74) is 5.61. The molecule has 14 heteroatoms. The summed E-state index contributed by atoms with van der Waals surface area (Å²) in [7, 11) is 1.49. The van der Waals surface area contributed by atoms with E-state index in [0.717, 1.165) is 11.8 Å². The van der Waals surface area contributed by atoms with Gasteiger partial charge < -0.3 is 25.8 Å². The van der Waals surface area contributed by atoms with Crippen LogP contribution < -0.4 is 15.8 Å². The third-order valence-corrected chi connectivity index (χ3v) is 7.82. The van der Waals surface area contributed by atoms with E-state index in [9.17, 15) is 27.9 Å². The van der Waals surface area contributed by atoms with E-state index in [1.807, 2.05) is 17.9 Å². The molecule has 2 aromatic carbocycles. The fraction of sp³-hybridized carbons (Fsp3) is 0.333. The number of methoxy groups -OCH3 is 1. The Morgan fingerprint density at radius 1 is 1.18 bits per heavy atom. The number of piperazine rings is 1. The molecule has 11 nitrogen and oxygen atoms in total. The van der Waals surface area contributed by atoms with Gasteiger partial charge in [0.15, 0.2) is 11.3 Å². The van der Waals surface area contributed by atoms with Gasteiger partial charge in [-0.15, -0.1) is 0 Å². The standard InChI is InChI=1S/C30H32F3N7O4/c1-17-15-38(24(16-41)20-5-4-6-21(13-20)36-29(34)43)11-12-39(17)28(42)23-14-35-40-26(30(31,32)33)18(2)25(37-27(23)40)19-7-9-22(44-3)10-8-19/h4-10,13-14,17,24,41H,11-12,15-16H2,1-3H3,(H3,34,36,43)/t17-,24-/m1/s1. The summed E-state index contributed by atoms with van der Waals surface area (Å²) >= 11 is 0. The first-order chi connectivity index (χ1) is 20.9. The third-order valence-electron chi connectivity index (χ3n) is 7.82. The largest absolute Gasteiger partial charge is 0.497 e. The molecule has 1 saturated heterocycles. The van der Waals surface area contributed by atoms with Gasteiger partial charge in [0.05, 0.1) is 31.6 Å². The molecule has 1 fully saturated rings. The number of urea groups is 1. The Hall–Kier alpha value is -4.69. The SMILES string of the molecule is COc1ccc(-c2nc3c(C(=O)N4CCN([C@H](CO)c5cccc(NC(N)=O)c5)C[C@H]4C)cnn3c(C(F)(F)F)c2C)cc1. The van der Waals surface area contributed by atoms with Crippen molar-refractivity contribution in [1.29, 1.82) is 0 Å². The number of hydrogen-bond donors (Lipinski definition) is 3. The predicted molar refractivity (Wildman–Crippen MR) is 156 cm³/mol. The minimum atomic E-state index is -4.76. The number of hydrogen-bond acceptors (Lipinski definition) is 7. The van der Waals surface area contributed by atoms with E-state index in [4.69, 9.17) is 10.5 Å². The number of ether oxygens (including phenoxy) is 1. The molecule has 0 saturated carbocycles. The molecule has 0 unspecified atom stereocenters. The predicted octanol–water partition coefficient (Wildman–Crippen LogP) is 4.10. The second-order valence-corrected chi connectivity index (χ2v) is 10.6. The van der Waals surface area contributed by atoms with Crippen molar-refractivity contribution in [3.05, 3.63) is 77.1 Å². The number of carbonyl (C=O) groups is 2. The average molecular weight is 612 g/mol. The Kier molecular flexibility index (Phi) is 8.48. The molecule has 0 spiro atoms. The zero-order valence-electron chi connectivity index (χ0n) is 24.3. The van der Waals surface area contributed by atoms with Gasteiger partial charge in [-0.05, 0) is 55.8 Å². The smallest absolute Gasteiger partial charge is 0.433 e. The molecule has 0 radical (unpaired) electrons. The quantitative estimate of drug-likeness (QED) is 0.286. The Morgan fingerprint density at radius 2 is 1.91 bits per heavy atom. The molecule has 3 heterocycles. The van der Waals surface area contributed by atoms with Gasteiger partial charge in [-0.3, -0.25) is 9.69 Å². The number of benzene rings is 2. The molecular formula is C30H32F3N7O4.